The molecular formula is C70H65N4OPt-3. The first kappa shape index (κ1) is 39.1. The maximum atomic E-state index is 9.72. The number of anilines is 2. The number of ether oxygens (including phenoxy) is 1. The molecule has 0 spiro atoms. The molecule has 384 valence electrons. The summed E-state index contributed by atoms with van der Waals surface area (Å²) in [5.74, 6) is 1.22. The number of nitrogens with zero attached hydrogens (tertiary/aromatic N) is 4. The number of pyridine rings is 1. The van der Waals surface area contributed by atoms with Gasteiger partial charge >= 0.3 is 0 Å². The second-order valence-corrected chi connectivity index (χ2v) is 22.2. The van der Waals surface area contributed by atoms with Gasteiger partial charge < -0.3 is 18.8 Å². The quantitative estimate of drug-likeness (QED) is 0.149. The van der Waals surface area contributed by atoms with Crippen molar-refractivity contribution in [1.29, 1.82) is 0 Å². The molecule has 0 radical (unpaired) electrons. The topological polar surface area (TPSA) is 35.2 Å². The van der Waals surface area contributed by atoms with Gasteiger partial charge in [0.05, 0.1) is 0 Å². The predicted octanol–water partition coefficient (Wildman–Crippen LogP) is 19.0. The normalized spacial score (nSPS) is 15.6. The molecule has 4 heterocycles. The van der Waals surface area contributed by atoms with E-state index in [1.165, 1.54) is 12.1 Å². The van der Waals surface area contributed by atoms with E-state index in [4.69, 9.17) is 22.1 Å². The summed E-state index contributed by atoms with van der Waals surface area (Å²) in [6.07, 6.45) is 0.0365. The van der Waals surface area contributed by atoms with Crippen LogP contribution >= 0.6 is 0 Å². The standard InChI is InChI=1S/C70H65N4O.Pt/c1-44(2)36-45-20-16-27-58-60-28-18-26-53(46-37-48(69(6,7)8)39-49(38-46)70(9,10)11)66(60)73-43-72(62-31-19-29-59(67(62)73)54-23-12-13-25-57(54)65(45)58)50-21-17-22-51(41-50)75-52-32-33-56-55-24-14-15-30-61(55)74(63(56)42-52)64-40-47(34-35-71-64)68(3,4)5;/h12-35,37-40,43-44H,36H2,1-11H3;/q-3;/i6D3,7D3,8D3,36D2;. The number of hydrogen-bond acceptors (Lipinski definition) is 3. The summed E-state index contributed by atoms with van der Waals surface area (Å²) >= 11 is 0. The van der Waals surface area contributed by atoms with Crippen molar-refractivity contribution in [3.05, 3.63) is 211 Å². The molecule has 3 aromatic heterocycles. The Morgan fingerprint density at radius 1 is 0.592 bits per heavy atom. The molecule has 0 saturated heterocycles. The van der Waals surface area contributed by atoms with E-state index in [0.717, 1.165) is 60.5 Å². The van der Waals surface area contributed by atoms with Gasteiger partial charge in [0, 0.05) is 65.0 Å². The molecule has 0 bridgehead atoms. The van der Waals surface area contributed by atoms with Gasteiger partial charge in [0.25, 0.3) is 0 Å². The molecule has 0 saturated carbocycles. The van der Waals surface area contributed by atoms with Gasteiger partial charge in [-0.1, -0.05) is 196 Å². The molecule has 0 N–H and O–H groups in total. The molecular weight excluding hydrogens is 1110 g/mol. The molecule has 1 aliphatic heterocycles. The third-order valence-corrected chi connectivity index (χ3v) is 14.5. The van der Waals surface area contributed by atoms with E-state index in [2.05, 4.69) is 66.3 Å². The van der Waals surface area contributed by atoms with Crippen LogP contribution in [0.2, 0.25) is 0 Å². The number of fused-ring (bicyclic) bond motifs is 10. The Balaban J connectivity index is 0.00000784. The fourth-order valence-electron chi connectivity index (χ4n) is 10.8. The minimum atomic E-state index is -3.52. The van der Waals surface area contributed by atoms with Gasteiger partial charge in [-0.05, 0) is 142 Å². The molecule has 0 unspecified atom stereocenters. The number of benzene rings is 8. The predicted molar refractivity (Wildman–Crippen MR) is 317 cm³/mol. The number of rotatable bonds is 7. The van der Waals surface area contributed by atoms with Crippen LogP contribution < -0.4 is 9.64 Å². The maximum Gasteiger partial charge on any atom is 0.135 e. The fourth-order valence-corrected chi connectivity index (χ4v) is 10.8. The largest absolute Gasteiger partial charge is 0.509 e. The van der Waals surface area contributed by atoms with Crippen molar-refractivity contribution in [1.82, 2.24) is 14.1 Å². The number of aromatic nitrogens is 3. The Hall–Kier alpha value is -7.33. The van der Waals surface area contributed by atoms with Crippen molar-refractivity contribution in [2.24, 2.45) is 5.92 Å². The van der Waals surface area contributed by atoms with E-state index < -0.39 is 43.7 Å². The van der Waals surface area contributed by atoms with Crippen LogP contribution in [-0.2, 0) is 43.7 Å². The minimum absolute atomic E-state index is 0. The molecule has 12 rings (SSSR count). The number of hydrogen-bond donors (Lipinski definition) is 0. The van der Waals surface area contributed by atoms with Crippen molar-refractivity contribution in [2.75, 3.05) is 4.90 Å². The molecule has 0 fully saturated rings. The summed E-state index contributed by atoms with van der Waals surface area (Å²) < 4.78 is 110. The van der Waals surface area contributed by atoms with Crippen molar-refractivity contribution in [2.45, 2.75) is 98.6 Å². The molecule has 0 aliphatic carbocycles. The van der Waals surface area contributed by atoms with Crippen LogP contribution in [0, 0.1) is 24.7 Å². The zero-order chi connectivity index (χ0) is 61.4. The van der Waals surface area contributed by atoms with Crippen LogP contribution in [0.5, 0.6) is 11.5 Å². The molecule has 6 heteroatoms. The first-order valence-electron chi connectivity index (χ1n) is 31.1. The van der Waals surface area contributed by atoms with E-state index in [1.54, 1.807) is 0 Å². The molecule has 11 aromatic rings. The Labute approximate surface area is 478 Å². The fraction of sp³-hybridized carbons (Fsp3) is 0.229. The average molecular weight is 1180 g/mol. The number of para-hydroxylation sites is 3. The van der Waals surface area contributed by atoms with Crippen molar-refractivity contribution in [3.63, 3.8) is 0 Å². The van der Waals surface area contributed by atoms with Crippen LogP contribution in [0.3, 0.4) is 0 Å². The Morgan fingerprint density at radius 2 is 1.22 bits per heavy atom. The van der Waals surface area contributed by atoms with Gasteiger partial charge in [0.1, 0.15) is 5.82 Å². The van der Waals surface area contributed by atoms with E-state index in [9.17, 15) is 2.74 Å². The summed E-state index contributed by atoms with van der Waals surface area (Å²) in [5.41, 5.74) is 3.08. The molecule has 1 aliphatic rings. The first-order valence-corrected chi connectivity index (χ1v) is 25.6. The van der Waals surface area contributed by atoms with Crippen LogP contribution in [-0.4, -0.2) is 14.1 Å². The molecule has 8 aromatic carbocycles. The van der Waals surface area contributed by atoms with Gasteiger partial charge in [0.15, 0.2) is 0 Å². The molecule has 76 heavy (non-hydrogen) atoms. The third-order valence-electron chi connectivity index (χ3n) is 14.5. The summed E-state index contributed by atoms with van der Waals surface area (Å²) in [6, 6.07) is 59.6. The SMILES string of the molecule is [2H]C([2H])(c1cccc2c3cccc(-c4cc(C(C)(C)C)cc(C(C([2H])([2H])[2H])(C([2H])([2H])[2H])C([2H])([2H])[2H])c4)c3n3c4c(cccc4c4ccccc4c12)N(c1[c-]c(Oc2[c-]c4c(cc2)c2ccccc2n4-c2cc(C(C)(C)C)ccn2)ccc1)[CH-]3)C(C)C.[Pt]. The maximum absolute atomic E-state index is 9.72. The van der Waals surface area contributed by atoms with Crippen LogP contribution in [0.1, 0.15) is 113 Å². The molecule has 0 amide bonds. The van der Waals surface area contributed by atoms with Gasteiger partial charge in [-0.2, -0.15) is 12.1 Å². The second kappa shape index (κ2) is 19.0. The zero-order valence-electron chi connectivity index (χ0n) is 54.8. The zero-order valence-corrected chi connectivity index (χ0v) is 46.1. The van der Waals surface area contributed by atoms with Crippen LogP contribution in [0.25, 0.3) is 82.1 Å². The van der Waals surface area contributed by atoms with Gasteiger partial charge in [0.2, 0.25) is 0 Å². The smallest absolute Gasteiger partial charge is 0.135 e. The van der Waals surface area contributed by atoms with Crippen molar-refractivity contribution in [3.8, 4) is 28.4 Å². The van der Waals surface area contributed by atoms with E-state index >= 15 is 0 Å². The van der Waals surface area contributed by atoms with Gasteiger partial charge in [-0.15, -0.1) is 35.7 Å². The minimum Gasteiger partial charge on any atom is -0.509 e. The van der Waals surface area contributed by atoms with E-state index in [1.807, 2.05) is 180 Å². The van der Waals surface area contributed by atoms with Gasteiger partial charge in [-0.25, -0.2) is 4.98 Å². The second-order valence-electron chi connectivity index (χ2n) is 22.2. The summed E-state index contributed by atoms with van der Waals surface area (Å²) in [7, 11) is 0. The van der Waals surface area contributed by atoms with E-state index in [-0.39, 0.29) is 32.0 Å². The Bertz CT molecular complexity index is 4580. The summed E-state index contributed by atoms with van der Waals surface area (Å²) in [4.78, 5) is 6.90. The first-order chi connectivity index (χ1) is 40.4. The summed E-state index contributed by atoms with van der Waals surface area (Å²) in [6.45, 7) is 7.43. The van der Waals surface area contributed by atoms with Crippen molar-refractivity contribution >= 4 is 76.5 Å². The average Bonchev–Trinajstić information content (AvgIpc) is 1.59. The molecule has 0 atom stereocenters. The molecule has 5 nitrogen and oxygen atoms in total. The third kappa shape index (κ3) is 8.91. The van der Waals surface area contributed by atoms with E-state index in [0.29, 0.717) is 61.1 Å². The Kier molecular flexibility index (Phi) is 9.80. The Morgan fingerprint density at radius 3 is 1.97 bits per heavy atom. The monoisotopic (exact) mass is 1180 g/mol. The summed E-state index contributed by atoms with van der Waals surface area (Å²) in [5, 5.41) is 6.57. The van der Waals surface area contributed by atoms with Crippen LogP contribution in [0.4, 0.5) is 11.4 Å². The van der Waals surface area contributed by atoms with Gasteiger partial charge in [-0.3, -0.25) is 0 Å². The van der Waals surface area contributed by atoms with Crippen molar-refractivity contribution < 1.29 is 40.9 Å². The van der Waals surface area contributed by atoms with Crippen LogP contribution in [0.15, 0.2) is 170 Å².